The van der Waals surface area contributed by atoms with Gasteiger partial charge in [-0.15, -0.1) is 0 Å². The molecule has 0 fully saturated rings. The number of amides is 2. The summed E-state index contributed by atoms with van der Waals surface area (Å²) in [6.07, 6.45) is 1.27. The number of nitrogens with one attached hydrogen (secondary N) is 1. The Hall–Kier alpha value is -1.88. The average molecular weight is 290 g/mol. The van der Waals surface area contributed by atoms with Crippen molar-refractivity contribution in [1.82, 2.24) is 5.32 Å². The minimum Gasteiger partial charge on any atom is -0.396 e. The van der Waals surface area contributed by atoms with E-state index >= 15 is 0 Å². The third-order valence-corrected chi connectivity index (χ3v) is 3.76. The van der Waals surface area contributed by atoms with Gasteiger partial charge in [-0.25, -0.2) is 0 Å². The first-order chi connectivity index (χ1) is 10.1. The van der Waals surface area contributed by atoms with Gasteiger partial charge in [-0.2, -0.15) is 0 Å². The Balaban J connectivity index is 2.08. The maximum atomic E-state index is 12.1. The van der Waals surface area contributed by atoms with E-state index in [2.05, 4.69) is 5.32 Å². The van der Waals surface area contributed by atoms with Crippen LogP contribution in [0.15, 0.2) is 18.2 Å². The van der Waals surface area contributed by atoms with Gasteiger partial charge in [0, 0.05) is 37.4 Å². The van der Waals surface area contributed by atoms with E-state index in [1.807, 2.05) is 26.0 Å². The van der Waals surface area contributed by atoms with Crippen molar-refractivity contribution in [2.45, 2.75) is 26.7 Å². The molecule has 1 aliphatic heterocycles. The number of hydrogen-bond acceptors (Lipinski definition) is 3. The molecule has 0 bridgehead atoms. The smallest absolute Gasteiger partial charge is 0.251 e. The molecule has 2 amide bonds. The van der Waals surface area contributed by atoms with Crippen molar-refractivity contribution in [3.63, 3.8) is 0 Å². The van der Waals surface area contributed by atoms with Gasteiger partial charge in [0.25, 0.3) is 5.91 Å². The fourth-order valence-corrected chi connectivity index (χ4v) is 2.43. The second-order valence-corrected chi connectivity index (χ2v) is 5.49. The highest BCUT2D eigenvalue weighted by Gasteiger charge is 2.24. The van der Waals surface area contributed by atoms with Crippen LogP contribution in [0.4, 0.5) is 5.69 Å². The highest BCUT2D eigenvalue weighted by Crippen LogP contribution is 2.29. The number of aliphatic hydroxyl groups is 1. The zero-order valence-corrected chi connectivity index (χ0v) is 12.6. The van der Waals surface area contributed by atoms with Crippen LogP contribution in [0.1, 0.15) is 36.2 Å². The Bertz CT molecular complexity index is 542. The van der Waals surface area contributed by atoms with Crippen molar-refractivity contribution < 1.29 is 14.7 Å². The second-order valence-electron chi connectivity index (χ2n) is 5.49. The molecule has 1 unspecified atom stereocenters. The lowest BCUT2D eigenvalue weighted by atomic mass is 10.1. The summed E-state index contributed by atoms with van der Waals surface area (Å²) in [5, 5.41) is 11.8. The molecular weight excluding hydrogens is 268 g/mol. The third-order valence-electron chi connectivity index (χ3n) is 3.76. The molecular formula is C16H22N2O3. The fraction of sp³-hybridized carbons (Fsp3) is 0.500. The van der Waals surface area contributed by atoms with Crippen molar-refractivity contribution in [3.8, 4) is 0 Å². The topological polar surface area (TPSA) is 69.6 Å². The van der Waals surface area contributed by atoms with Crippen LogP contribution in [0.2, 0.25) is 0 Å². The van der Waals surface area contributed by atoms with E-state index in [-0.39, 0.29) is 24.3 Å². The summed E-state index contributed by atoms with van der Waals surface area (Å²) in [6.45, 7) is 4.92. The van der Waals surface area contributed by atoms with E-state index in [1.165, 1.54) is 0 Å². The molecule has 0 spiro atoms. The Morgan fingerprint density at radius 1 is 1.43 bits per heavy atom. The molecule has 5 nitrogen and oxygen atoms in total. The van der Waals surface area contributed by atoms with Crippen molar-refractivity contribution >= 4 is 17.5 Å². The standard InChI is InChI=1S/C16H22N2O3/c1-3-15(20)18-7-6-12-8-13(4-5-14(12)18)16(21)17-9-11(2)10-19/h4-5,8,11,19H,3,6-7,9-10H2,1-2H3,(H,17,21). The van der Waals surface area contributed by atoms with Crippen molar-refractivity contribution in [2.24, 2.45) is 5.92 Å². The first kappa shape index (κ1) is 15.5. The molecule has 0 radical (unpaired) electrons. The summed E-state index contributed by atoms with van der Waals surface area (Å²) >= 11 is 0. The number of carbonyl (C=O) groups is 2. The van der Waals surface area contributed by atoms with Gasteiger partial charge in [0.15, 0.2) is 0 Å². The van der Waals surface area contributed by atoms with E-state index in [0.29, 0.717) is 25.1 Å². The third kappa shape index (κ3) is 3.42. The number of fused-ring (bicyclic) bond motifs is 1. The maximum absolute atomic E-state index is 12.1. The minimum absolute atomic E-state index is 0.0426. The van der Waals surface area contributed by atoms with Gasteiger partial charge in [-0.3, -0.25) is 9.59 Å². The van der Waals surface area contributed by atoms with E-state index in [4.69, 9.17) is 5.11 Å². The Labute approximate surface area is 125 Å². The molecule has 2 rings (SSSR count). The number of anilines is 1. The number of hydrogen-bond donors (Lipinski definition) is 2. The van der Waals surface area contributed by atoms with Crippen LogP contribution in [-0.4, -0.2) is 36.6 Å². The van der Waals surface area contributed by atoms with Gasteiger partial charge in [0.2, 0.25) is 5.91 Å². The zero-order valence-electron chi connectivity index (χ0n) is 12.6. The van der Waals surface area contributed by atoms with E-state index < -0.39 is 0 Å². The minimum atomic E-state index is -0.140. The first-order valence-electron chi connectivity index (χ1n) is 7.39. The largest absolute Gasteiger partial charge is 0.396 e. The molecule has 1 aliphatic rings. The van der Waals surface area contributed by atoms with Crippen LogP contribution in [0.5, 0.6) is 0 Å². The quantitative estimate of drug-likeness (QED) is 0.860. The molecule has 1 aromatic carbocycles. The number of rotatable bonds is 5. The Morgan fingerprint density at radius 2 is 2.19 bits per heavy atom. The highest BCUT2D eigenvalue weighted by atomic mass is 16.3. The van der Waals surface area contributed by atoms with Crippen molar-refractivity contribution in [2.75, 3.05) is 24.6 Å². The van der Waals surface area contributed by atoms with E-state index in [9.17, 15) is 9.59 Å². The lowest BCUT2D eigenvalue weighted by Crippen LogP contribution is -2.29. The van der Waals surface area contributed by atoms with Crippen molar-refractivity contribution in [1.29, 1.82) is 0 Å². The molecule has 0 saturated carbocycles. The first-order valence-corrected chi connectivity index (χ1v) is 7.39. The van der Waals surface area contributed by atoms with Crippen LogP contribution in [-0.2, 0) is 11.2 Å². The molecule has 21 heavy (non-hydrogen) atoms. The summed E-state index contributed by atoms with van der Waals surface area (Å²) in [5.74, 6) is 0.0159. The van der Waals surface area contributed by atoms with Gasteiger partial charge in [-0.05, 0) is 36.1 Å². The van der Waals surface area contributed by atoms with E-state index in [0.717, 1.165) is 17.7 Å². The Morgan fingerprint density at radius 3 is 2.86 bits per heavy atom. The molecule has 114 valence electrons. The summed E-state index contributed by atoms with van der Waals surface area (Å²) in [6, 6.07) is 5.45. The van der Waals surface area contributed by atoms with Gasteiger partial charge >= 0.3 is 0 Å². The molecule has 0 aromatic heterocycles. The summed E-state index contributed by atoms with van der Waals surface area (Å²) < 4.78 is 0. The van der Waals surface area contributed by atoms with Crippen LogP contribution < -0.4 is 10.2 Å². The number of benzene rings is 1. The number of aliphatic hydroxyl groups excluding tert-OH is 1. The molecule has 0 saturated heterocycles. The van der Waals surface area contributed by atoms with Crippen LogP contribution in [0.3, 0.4) is 0 Å². The fourth-order valence-electron chi connectivity index (χ4n) is 2.43. The second kappa shape index (κ2) is 6.72. The van der Waals surface area contributed by atoms with Crippen LogP contribution in [0.25, 0.3) is 0 Å². The van der Waals surface area contributed by atoms with Crippen LogP contribution >= 0.6 is 0 Å². The van der Waals surface area contributed by atoms with Gasteiger partial charge in [-0.1, -0.05) is 13.8 Å². The van der Waals surface area contributed by atoms with Crippen molar-refractivity contribution in [3.05, 3.63) is 29.3 Å². The van der Waals surface area contributed by atoms with Crippen LogP contribution in [0, 0.1) is 5.92 Å². The summed E-state index contributed by atoms with van der Waals surface area (Å²) in [5.41, 5.74) is 2.56. The maximum Gasteiger partial charge on any atom is 0.251 e. The van der Waals surface area contributed by atoms with Gasteiger partial charge < -0.3 is 15.3 Å². The SMILES string of the molecule is CCC(=O)N1CCc2cc(C(=O)NCC(C)CO)ccc21. The highest BCUT2D eigenvalue weighted by molar-refractivity contribution is 5.98. The number of nitrogens with zero attached hydrogens (tertiary/aromatic N) is 1. The lowest BCUT2D eigenvalue weighted by Gasteiger charge is -2.16. The molecule has 1 heterocycles. The molecule has 0 aliphatic carbocycles. The summed E-state index contributed by atoms with van der Waals surface area (Å²) in [7, 11) is 0. The molecule has 5 heteroatoms. The van der Waals surface area contributed by atoms with Gasteiger partial charge in [0.05, 0.1) is 0 Å². The zero-order chi connectivity index (χ0) is 15.4. The van der Waals surface area contributed by atoms with E-state index in [1.54, 1.807) is 11.0 Å². The average Bonchev–Trinajstić information content (AvgIpc) is 2.94. The number of carbonyl (C=O) groups excluding carboxylic acids is 2. The predicted octanol–water partition coefficient (Wildman–Crippen LogP) is 1.34. The molecule has 1 atom stereocenters. The molecule has 2 N–H and O–H groups in total. The van der Waals surface area contributed by atoms with Gasteiger partial charge in [0.1, 0.15) is 0 Å². The lowest BCUT2D eigenvalue weighted by molar-refractivity contribution is -0.118. The normalized spacial score (nSPS) is 14.7. The molecule has 1 aromatic rings. The Kier molecular flexibility index (Phi) is 4.96. The summed E-state index contributed by atoms with van der Waals surface area (Å²) in [4.78, 5) is 25.7. The monoisotopic (exact) mass is 290 g/mol. The predicted molar refractivity (Wildman–Crippen MR) is 81.4 cm³/mol.